The van der Waals surface area contributed by atoms with Gasteiger partial charge >= 0.3 is 5.97 Å². The molecule has 0 radical (unpaired) electrons. The van der Waals surface area contributed by atoms with E-state index in [-0.39, 0.29) is 11.3 Å². The van der Waals surface area contributed by atoms with Gasteiger partial charge in [0.1, 0.15) is 5.75 Å². The first-order chi connectivity index (χ1) is 13.2. The second kappa shape index (κ2) is 8.89. The van der Waals surface area contributed by atoms with Gasteiger partial charge in [-0.3, -0.25) is 9.59 Å². The molecule has 0 unspecified atom stereocenters. The van der Waals surface area contributed by atoms with E-state index in [2.05, 4.69) is 0 Å². The minimum absolute atomic E-state index is 0.0490. The molecular weight excluding hydrogens is 381 g/mol. The Hall–Kier alpha value is -3.56. The molecule has 0 spiro atoms. The maximum absolute atomic E-state index is 13.6. The number of ether oxygens (including phenoxy) is 2. The van der Waals surface area contributed by atoms with Crippen molar-refractivity contribution in [3.63, 3.8) is 0 Å². The van der Waals surface area contributed by atoms with Gasteiger partial charge in [-0.05, 0) is 31.2 Å². The van der Waals surface area contributed by atoms with E-state index in [4.69, 9.17) is 15.2 Å². The second-order valence-corrected chi connectivity index (χ2v) is 5.49. The molecule has 0 saturated carbocycles. The number of rotatable bonds is 7. The number of anilines is 1. The average Bonchev–Trinajstić information content (AvgIpc) is 2.66. The van der Waals surface area contributed by atoms with E-state index in [1.54, 1.807) is 12.1 Å². The molecule has 0 aliphatic carbocycles. The van der Waals surface area contributed by atoms with Crippen molar-refractivity contribution in [2.24, 2.45) is 5.73 Å². The van der Waals surface area contributed by atoms with Crippen LogP contribution in [0.5, 0.6) is 5.75 Å². The van der Waals surface area contributed by atoms with Crippen LogP contribution < -0.4 is 15.8 Å². The largest absolute Gasteiger partial charge is 0.481 e. The third-order valence-corrected chi connectivity index (χ3v) is 3.47. The lowest BCUT2D eigenvalue weighted by Crippen LogP contribution is -2.32. The van der Waals surface area contributed by atoms with E-state index in [0.29, 0.717) is 6.07 Å². The number of halogens is 3. The van der Waals surface area contributed by atoms with E-state index in [1.165, 1.54) is 19.1 Å². The Kier molecular flexibility index (Phi) is 6.59. The van der Waals surface area contributed by atoms with E-state index in [0.717, 1.165) is 6.07 Å². The summed E-state index contributed by atoms with van der Waals surface area (Å²) in [7, 11) is 0. The number of esters is 1. The number of hydrogen-bond acceptors (Lipinski definition) is 5. The number of nitrogens with one attached hydrogen (secondary N) is 1. The van der Waals surface area contributed by atoms with Gasteiger partial charge in [0.25, 0.3) is 11.8 Å². The lowest BCUT2D eigenvalue weighted by atomic mass is 10.2. The molecule has 2 amide bonds. The summed E-state index contributed by atoms with van der Waals surface area (Å²) >= 11 is 0. The number of primary amides is 1. The van der Waals surface area contributed by atoms with E-state index in [9.17, 15) is 27.6 Å². The van der Waals surface area contributed by atoms with Crippen molar-refractivity contribution in [2.45, 2.75) is 13.0 Å². The van der Waals surface area contributed by atoms with Crippen molar-refractivity contribution < 1.29 is 37.0 Å². The van der Waals surface area contributed by atoms with Crippen molar-refractivity contribution in [3.05, 3.63) is 59.4 Å². The predicted molar refractivity (Wildman–Crippen MR) is 91.0 cm³/mol. The molecule has 2 aromatic rings. The zero-order valence-corrected chi connectivity index (χ0v) is 14.5. The number of nitrogens with two attached hydrogens (primary N) is 1. The highest BCUT2D eigenvalue weighted by Gasteiger charge is 2.22. The summed E-state index contributed by atoms with van der Waals surface area (Å²) in [6.45, 7) is 0.545. The highest BCUT2D eigenvalue weighted by atomic mass is 19.2. The third kappa shape index (κ3) is 5.00. The average molecular weight is 396 g/mol. The monoisotopic (exact) mass is 396 g/mol. The molecule has 148 valence electrons. The minimum atomic E-state index is -1.75. The Morgan fingerprint density at radius 2 is 1.75 bits per heavy atom. The summed E-state index contributed by atoms with van der Waals surface area (Å²) in [4.78, 5) is 35.0. The number of carbonyl (C=O) groups is 3. The van der Waals surface area contributed by atoms with Gasteiger partial charge in [0.05, 0.1) is 11.3 Å². The molecule has 2 aromatic carbocycles. The Morgan fingerprint density at radius 1 is 1.07 bits per heavy atom. The van der Waals surface area contributed by atoms with Gasteiger partial charge < -0.3 is 20.5 Å². The first-order valence-corrected chi connectivity index (χ1v) is 7.86. The van der Waals surface area contributed by atoms with Crippen molar-refractivity contribution in [1.29, 1.82) is 0 Å². The molecule has 1 atom stereocenters. The van der Waals surface area contributed by atoms with Gasteiger partial charge in [0, 0.05) is 0 Å². The molecular formula is C18H15F3N2O5. The summed E-state index contributed by atoms with van der Waals surface area (Å²) in [5.41, 5.74) is 4.62. The molecule has 10 heteroatoms. The molecule has 0 aromatic heterocycles. The molecule has 0 aliphatic heterocycles. The zero-order chi connectivity index (χ0) is 20.8. The fourth-order valence-electron chi connectivity index (χ4n) is 2.07. The topological polar surface area (TPSA) is 108 Å². The summed E-state index contributed by atoms with van der Waals surface area (Å²) in [6, 6.07) is 7.37. The van der Waals surface area contributed by atoms with Crippen LogP contribution in [-0.2, 0) is 14.3 Å². The minimum Gasteiger partial charge on any atom is -0.481 e. The van der Waals surface area contributed by atoms with E-state index < -0.39 is 53.6 Å². The Labute approximate surface area is 157 Å². The van der Waals surface area contributed by atoms with Crippen LogP contribution in [0.1, 0.15) is 17.3 Å². The van der Waals surface area contributed by atoms with Crippen LogP contribution in [0.4, 0.5) is 18.9 Å². The van der Waals surface area contributed by atoms with Crippen molar-refractivity contribution in [1.82, 2.24) is 0 Å². The van der Waals surface area contributed by atoms with Crippen LogP contribution in [0.15, 0.2) is 36.4 Å². The normalized spacial score (nSPS) is 11.4. The number of carbonyl (C=O) groups excluding carboxylic acids is 3. The van der Waals surface area contributed by atoms with Gasteiger partial charge in [0.2, 0.25) is 0 Å². The van der Waals surface area contributed by atoms with Crippen LogP contribution in [0.3, 0.4) is 0 Å². The molecule has 3 N–H and O–H groups in total. The maximum atomic E-state index is 13.6. The Balaban J connectivity index is 1.93. The lowest BCUT2D eigenvalue weighted by Gasteiger charge is -2.15. The van der Waals surface area contributed by atoms with Crippen LogP contribution in [0.2, 0.25) is 0 Å². The predicted octanol–water partition coefficient (Wildman–Crippen LogP) is 2.15. The van der Waals surface area contributed by atoms with Gasteiger partial charge in [-0.1, -0.05) is 12.1 Å². The van der Waals surface area contributed by atoms with Crippen LogP contribution >= 0.6 is 0 Å². The van der Waals surface area contributed by atoms with Gasteiger partial charge in [-0.2, -0.15) is 0 Å². The summed E-state index contributed by atoms with van der Waals surface area (Å²) in [5.74, 6) is -7.40. The second-order valence-electron chi connectivity index (χ2n) is 5.49. The van der Waals surface area contributed by atoms with Crippen LogP contribution in [-0.4, -0.2) is 30.5 Å². The summed E-state index contributed by atoms with van der Waals surface area (Å²) < 4.78 is 49.6. The first-order valence-electron chi connectivity index (χ1n) is 7.86. The maximum Gasteiger partial charge on any atom is 0.344 e. The molecule has 0 aliphatic rings. The fraction of sp³-hybridized carbons (Fsp3) is 0.167. The highest BCUT2D eigenvalue weighted by Crippen LogP contribution is 2.20. The summed E-state index contributed by atoms with van der Waals surface area (Å²) in [5, 5.41) is 1.98. The quantitative estimate of drug-likeness (QED) is 0.551. The number of para-hydroxylation sites is 1. The fourth-order valence-corrected chi connectivity index (χ4v) is 2.07. The molecule has 7 nitrogen and oxygen atoms in total. The number of amides is 2. The molecule has 0 fully saturated rings. The highest BCUT2D eigenvalue weighted by molar-refractivity contribution is 5.96. The van der Waals surface area contributed by atoms with Crippen molar-refractivity contribution >= 4 is 23.5 Å². The third-order valence-electron chi connectivity index (χ3n) is 3.47. The Bertz CT molecular complexity index is 920. The van der Waals surface area contributed by atoms with E-state index >= 15 is 0 Å². The molecule has 0 bridgehead atoms. The van der Waals surface area contributed by atoms with Crippen LogP contribution in [0, 0.1) is 17.5 Å². The zero-order valence-electron chi connectivity index (χ0n) is 14.5. The molecule has 0 saturated heterocycles. The summed E-state index contributed by atoms with van der Waals surface area (Å²) in [6.07, 6.45) is -1.39. The van der Waals surface area contributed by atoms with E-state index in [1.807, 2.05) is 5.32 Å². The lowest BCUT2D eigenvalue weighted by molar-refractivity contribution is -0.155. The smallest absolute Gasteiger partial charge is 0.344 e. The molecule has 0 heterocycles. The number of hydrogen-bond donors (Lipinski definition) is 2. The number of benzene rings is 2. The van der Waals surface area contributed by atoms with Gasteiger partial charge in [0.15, 0.2) is 30.2 Å². The van der Waals surface area contributed by atoms with Crippen LogP contribution in [0.25, 0.3) is 0 Å². The van der Waals surface area contributed by atoms with Crippen molar-refractivity contribution in [2.75, 3.05) is 11.9 Å². The SMILES string of the molecule is C[C@H](OC(=O)COc1ccccc1C(N)=O)C(=O)Nc1ccc(F)c(F)c1F. The molecule has 28 heavy (non-hydrogen) atoms. The van der Waals surface area contributed by atoms with Crippen molar-refractivity contribution in [3.8, 4) is 5.75 Å². The Morgan fingerprint density at radius 3 is 2.43 bits per heavy atom. The van der Waals surface area contributed by atoms with Gasteiger partial charge in [-0.25, -0.2) is 18.0 Å². The van der Waals surface area contributed by atoms with Gasteiger partial charge in [-0.15, -0.1) is 0 Å². The molecule has 2 rings (SSSR count). The first kappa shape index (κ1) is 20.7. The standard InChI is InChI=1S/C18H15F3N2O5/c1-9(18(26)23-12-7-6-11(19)15(20)16(12)21)28-14(24)8-27-13-5-3-2-4-10(13)17(22)25/h2-7,9H,8H2,1H3,(H2,22,25)(H,23,26)/t9-/m0/s1.